The van der Waals surface area contributed by atoms with Crippen molar-refractivity contribution in [3.63, 3.8) is 0 Å². The van der Waals surface area contributed by atoms with Crippen molar-refractivity contribution in [2.24, 2.45) is 0 Å². The van der Waals surface area contributed by atoms with Gasteiger partial charge in [0, 0.05) is 24.7 Å². The number of rotatable bonds is 8. The molecule has 0 saturated heterocycles. The molecule has 27 heavy (non-hydrogen) atoms. The van der Waals surface area contributed by atoms with Gasteiger partial charge in [0.1, 0.15) is 10.7 Å². The van der Waals surface area contributed by atoms with E-state index in [9.17, 15) is 13.2 Å². The van der Waals surface area contributed by atoms with Gasteiger partial charge >= 0.3 is 0 Å². The number of hydrogen-bond donors (Lipinski definition) is 0. The van der Waals surface area contributed by atoms with Crippen LogP contribution >= 0.6 is 11.6 Å². The van der Waals surface area contributed by atoms with Crippen LogP contribution < -0.4 is 0 Å². The van der Waals surface area contributed by atoms with Crippen LogP contribution in [0.1, 0.15) is 42.8 Å². The first kappa shape index (κ1) is 19.9. The largest absolute Gasteiger partial charge is 0.467 e. The normalized spacial score (nSPS) is 14.5. The van der Waals surface area contributed by atoms with Gasteiger partial charge in [-0.25, -0.2) is 8.42 Å². The second-order valence-electron chi connectivity index (χ2n) is 6.48. The minimum absolute atomic E-state index is 0.0348. The van der Waals surface area contributed by atoms with Crippen molar-refractivity contribution in [2.75, 3.05) is 13.1 Å². The Morgan fingerprint density at radius 3 is 2.48 bits per heavy atom. The summed E-state index contributed by atoms with van der Waals surface area (Å²) in [5, 5.41) is 0.113. The van der Waals surface area contributed by atoms with Crippen molar-refractivity contribution in [3.8, 4) is 0 Å². The number of hydrogen-bond acceptors (Lipinski definition) is 4. The van der Waals surface area contributed by atoms with Gasteiger partial charge in [0.05, 0.1) is 17.8 Å². The van der Waals surface area contributed by atoms with E-state index in [1.807, 2.05) is 6.07 Å². The first-order chi connectivity index (χ1) is 12.9. The minimum Gasteiger partial charge on any atom is -0.467 e. The average Bonchev–Trinajstić information content (AvgIpc) is 3.36. The molecule has 1 saturated carbocycles. The number of sulfonamides is 1. The molecule has 1 aliphatic carbocycles. The lowest BCUT2D eigenvalue weighted by molar-refractivity contribution is 0.0717. The number of nitrogens with zero attached hydrogens (tertiary/aromatic N) is 2. The van der Waals surface area contributed by atoms with Gasteiger partial charge < -0.3 is 9.32 Å². The van der Waals surface area contributed by atoms with Gasteiger partial charge in [0.15, 0.2) is 0 Å². The summed E-state index contributed by atoms with van der Waals surface area (Å²) >= 11 is 6.17. The molecule has 0 bridgehead atoms. The Kier molecular flexibility index (Phi) is 5.93. The van der Waals surface area contributed by atoms with Gasteiger partial charge in [0.25, 0.3) is 5.91 Å². The highest BCUT2D eigenvalue weighted by atomic mass is 35.5. The molecule has 1 aromatic heterocycles. The van der Waals surface area contributed by atoms with Crippen molar-refractivity contribution in [2.45, 2.75) is 44.2 Å². The number of benzene rings is 1. The number of amides is 1. The maximum atomic E-state index is 13.1. The molecule has 146 valence electrons. The quantitative estimate of drug-likeness (QED) is 0.664. The van der Waals surface area contributed by atoms with E-state index in [4.69, 9.17) is 16.0 Å². The van der Waals surface area contributed by atoms with Crippen LogP contribution in [0.15, 0.2) is 45.9 Å². The summed E-state index contributed by atoms with van der Waals surface area (Å²) in [6.07, 6.45) is 3.44. The third-order valence-corrected chi connectivity index (χ3v) is 7.19. The van der Waals surface area contributed by atoms with E-state index in [0.717, 1.165) is 12.8 Å². The average molecular weight is 411 g/mol. The van der Waals surface area contributed by atoms with Crippen molar-refractivity contribution in [3.05, 3.63) is 52.9 Å². The number of carbonyl (C=O) groups is 1. The molecule has 0 unspecified atom stereocenters. The summed E-state index contributed by atoms with van der Waals surface area (Å²) in [6.45, 7) is 4.56. The highest BCUT2D eigenvalue weighted by molar-refractivity contribution is 7.89. The van der Waals surface area contributed by atoms with Crippen molar-refractivity contribution >= 4 is 27.5 Å². The maximum Gasteiger partial charge on any atom is 0.254 e. The molecular formula is C19H23ClN2O4S. The SMILES string of the molecule is CCN(CC)S(=O)(=O)c1cc(C(=O)N(Cc2ccco2)C2CC2)ccc1Cl. The van der Waals surface area contributed by atoms with E-state index in [1.165, 1.54) is 16.4 Å². The Bertz CT molecular complexity index is 904. The predicted molar refractivity (Wildman–Crippen MR) is 103 cm³/mol. The topological polar surface area (TPSA) is 70.8 Å². The predicted octanol–water partition coefficient (Wildman–Crippen LogP) is 3.77. The molecule has 0 aliphatic heterocycles. The van der Waals surface area contributed by atoms with Gasteiger partial charge in [0.2, 0.25) is 10.0 Å². The van der Waals surface area contributed by atoms with Crippen LogP contribution in [0.25, 0.3) is 0 Å². The monoisotopic (exact) mass is 410 g/mol. The summed E-state index contributed by atoms with van der Waals surface area (Å²) < 4.78 is 32.4. The van der Waals surface area contributed by atoms with Crippen LogP contribution in [0, 0.1) is 0 Å². The van der Waals surface area contributed by atoms with Crippen LogP contribution in [-0.4, -0.2) is 42.7 Å². The summed E-state index contributed by atoms with van der Waals surface area (Å²) in [5.41, 5.74) is 0.309. The van der Waals surface area contributed by atoms with E-state index in [2.05, 4.69) is 0 Å². The molecule has 0 radical (unpaired) electrons. The maximum absolute atomic E-state index is 13.1. The van der Waals surface area contributed by atoms with Crippen molar-refractivity contribution in [1.82, 2.24) is 9.21 Å². The molecule has 0 N–H and O–H groups in total. The zero-order valence-electron chi connectivity index (χ0n) is 15.4. The molecule has 6 nitrogen and oxygen atoms in total. The Hall–Kier alpha value is -1.83. The standard InChI is InChI=1S/C19H23ClN2O4S/c1-3-21(4-2)27(24,25)18-12-14(7-10-17(18)20)19(23)22(15-8-9-15)13-16-6-5-11-26-16/h5-7,10-12,15H,3-4,8-9,13H2,1-2H3. The van der Waals surface area contributed by atoms with Crippen LogP contribution in [0.2, 0.25) is 5.02 Å². The highest BCUT2D eigenvalue weighted by Crippen LogP contribution is 2.32. The molecular weight excluding hydrogens is 388 g/mol. The molecule has 1 amide bonds. The van der Waals surface area contributed by atoms with Crippen molar-refractivity contribution in [1.29, 1.82) is 0 Å². The zero-order chi connectivity index (χ0) is 19.6. The fraction of sp³-hybridized carbons (Fsp3) is 0.421. The van der Waals surface area contributed by atoms with E-state index in [1.54, 1.807) is 37.1 Å². The molecule has 1 fully saturated rings. The lowest BCUT2D eigenvalue weighted by Crippen LogP contribution is -2.33. The molecule has 8 heteroatoms. The minimum atomic E-state index is -3.76. The lowest BCUT2D eigenvalue weighted by Gasteiger charge is -2.23. The molecule has 0 atom stereocenters. The van der Waals surface area contributed by atoms with Crippen LogP contribution in [-0.2, 0) is 16.6 Å². The first-order valence-electron chi connectivity index (χ1n) is 9.01. The summed E-state index contributed by atoms with van der Waals surface area (Å²) in [6, 6.07) is 8.19. The van der Waals surface area contributed by atoms with E-state index in [0.29, 0.717) is 31.0 Å². The van der Waals surface area contributed by atoms with Gasteiger partial charge in [-0.3, -0.25) is 4.79 Å². The first-order valence-corrected chi connectivity index (χ1v) is 10.8. The van der Waals surface area contributed by atoms with Crippen LogP contribution in [0.4, 0.5) is 0 Å². The van der Waals surface area contributed by atoms with E-state index < -0.39 is 10.0 Å². The van der Waals surface area contributed by atoms with Gasteiger partial charge in [-0.15, -0.1) is 0 Å². The van der Waals surface area contributed by atoms with Gasteiger partial charge in [-0.1, -0.05) is 25.4 Å². The molecule has 3 rings (SSSR count). The third-order valence-electron chi connectivity index (χ3n) is 4.66. The molecule has 1 heterocycles. The van der Waals surface area contributed by atoms with Crippen molar-refractivity contribution < 1.29 is 17.6 Å². The number of furan rings is 1. The molecule has 0 spiro atoms. The second kappa shape index (κ2) is 8.04. The van der Waals surface area contributed by atoms with Gasteiger partial charge in [-0.05, 0) is 43.2 Å². The van der Waals surface area contributed by atoms with E-state index >= 15 is 0 Å². The molecule has 2 aromatic rings. The second-order valence-corrected chi connectivity index (χ2v) is 8.79. The fourth-order valence-corrected chi connectivity index (χ4v) is 4.98. The smallest absolute Gasteiger partial charge is 0.254 e. The highest BCUT2D eigenvalue weighted by Gasteiger charge is 2.34. The number of carbonyl (C=O) groups excluding carboxylic acids is 1. The van der Waals surface area contributed by atoms with Crippen LogP contribution in [0.5, 0.6) is 0 Å². The summed E-state index contributed by atoms with van der Waals surface area (Å²) in [7, 11) is -3.76. The third kappa shape index (κ3) is 4.20. The Labute approximate surface area is 164 Å². The van der Waals surface area contributed by atoms with Crippen LogP contribution in [0.3, 0.4) is 0 Å². The number of halogens is 1. The fourth-order valence-electron chi connectivity index (χ4n) is 3.03. The lowest BCUT2D eigenvalue weighted by atomic mass is 10.2. The Morgan fingerprint density at radius 1 is 1.22 bits per heavy atom. The summed E-state index contributed by atoms with van der Waals surface area (Å²) in [4.78, 5) is 14.8. The Balaban J connectivity index is 1.93. The van der Waals surface area contributed by atoms with Gasteiger partial charge in [-0.2, -0.15) is 4.31 Å². The zero-order valence-corrected chi connectivity index (χ0v) is 17.0. The Morgan fingerprint density at radius 2 is 1.93 bits per heavy atom. The molecule has 1 aliphatic rings. The summed E-state index contributed by atoms with van der Waals surface area (Å²) in [5.74, 6) is 0.474. The van der Waals surface area contributed by atoms with E-state index in [-0.39, 0.29) is 21.9 Å². The molecule has 1 aromatic carbocycles.